The standard InChI is InChI=1S/C18H16ClN5O3/c19-13-7-5-12(6-8-13)17-14(11-22-23-17)18(25)21-10-9-20-15-3-1-2-4-16(15)24(26)27/h1-8,11,20H,9-10H2,(H,21,25)(H,22,23). The molecule has 2 aromatic carbocycles. The molecule has 0 bridgehead atoms. The molecule has 0 spiro atoms. The Hall–Kier alpha value is -3.39. The van der Waals surface area contributed by atoms with Crippen molar-refractivity contribution in [2.24, 2.45) is 0 Å². The van der Waals surface area contributed by atoms with Gasteiger partial charge in [-0.1, -0.05) is 35.9 Å². The number of hydrogen-bond acceptors (Lipinski definition) is 5. The molecule has 138 valence electrons. The van der Waals surface area contributed by atoms with Crippen molar-refractivity contribution in [3.05, 3.63) is 75.4 Å². The fourth-order valence-corrected chi connectivity index (χ4v) is 2.67. The van der Waals surface area contributed by atoms with Gasteiger partial charge in [-0.15, -0.1) is 0 Å². The van der Waals surface area contributed by atoms with Gasteiger partial charge < -0.3 is 10.6 Å². The van der Waals surface area contributed by atoms with Gasteiger partial charge in [0, 0.05) is 29.7 Å². The highest BCUT2D eigenvalue weighted by atomic mass is 35.5. The number of benzene rings is 2. The first-order chi connectivity index (χ1) is 13.1. The third kappa shape index (κ3) is 4.42. The predicted molar refractivity (Wildman–Crippen MR) is 103 cm³/mol. The lowest BCUT2D eigenvalue weighted by Crippen LogP contribution is -2.29. The fourth-order valence-electron chi connectivity index (χ4n) is 2.55. The number of amides is 1. The van der Waals surface area contributed by atoms with Crippen molar-refractivity contribution in [1.29, 1.82) is 0 Å². The lowest BCUT2D eigenvalue weighted by Gasteiger charge is -2.09. The van der Waals surface area contributed by atoms with E-state index in [2.05, 4.69) is 20.8 Å². The van der Waals surface area contributed by atoms with Crippen molar-refractivity contribution >= 4 is 28.9 Å². The molecule has 9 heteroatoms. The molecule has 0 aliphatic rings. The number of nitro benzene ring substituents is 1. The number of hydrogen-bond donors (Lipinski definition) is 3. The third-order valence-corrected chi connectivity index (χ3v) is 4.10. The number of nitrogens with zero attached hydrogens (tertiary/aromatic N) is 2. The Morgan fingerprint density at radius 2 is 1.89 bits per heavy atom. The van der Waals surface area contributed by atoms with Gasteiger partial charge in [-0.25, -0.2) is 0 Å². The number of nitro groups is 1. The number of aromatic nitrogens is 2. The molecule has 0 aliphatic carbocycles. The number of carbonyl (C=O) groups excluding carboxylic acids is 1. The monoisotopic (exact) mass is 385 g/mol. The van der Waals surface area contributed by atoms with Crippen LogP contribution in [0.2, 0.25) is 5.02 Å². The van der Waals surface area contributed by atoms with Crippen LogP contribution < -0.4 is 10.6 Å². The summed E-state index contributed by atoms with van der Waals surface area (Å²) in [5.41, 5.74) is 2.18. The first-order valence-electron chi connectivity index (χ1n) is 8.11. The van der Waals surface area contributed by atoms with Gasteiger partial charge in [-0.2, -0.15) is 5.10 Å². The normalized spacial score (nSPS) is 10.4. The summed E-state index contributed by atoms with van der Waals surface area (Å²) in [7, 11) is 0. The maximum Gasteiger partial charge on any atom is 0.292 e. The first kappa shape index (κ1) is 18.4. The number of nitrogens with one attached hydrogen (secondary N) is 3. The molecule has 1 aromatic heterocycles. The number of anilines is 1. The Kier molecular flexibility index (Phi) is 5.68. The second kappa shape index (κ2) is 8.33. The van der Waals surface area contributed by atoms with Crippen LogP contribution in [0.5, 0.6) is 0 Å². The van der Waals surface area contributed by atoms with E-state index in [0.29, 0.717) is 28.5 Å². The molecule has 0 radical (unpaired) electrons. The van der Waals surface area contributed by atoms with Gasteiger partial charge in [0.25, 0.3) is 11.6 Å². The molecule has 0 unspecified atom stereocenters. The summed E-state index contributed by atoms with van der Waals surface area (Å²) in [6, 6.07) is 13.4. The molecular formula is C18H16ClN5O3. The Balaban J connectivity index is 1.59. The SMILES string of the molecule is O=C(NCCNc1ccccc1[N+](=O)[O-])c1cn[nH]c1-c1ccc(Cl)cc1. The van der Waals surface area contributed by atoms with Crippen molar-refractivity contribution in [3.63, 3.8) is 0 Å². The highest BCUT2D eigenvalue weighted by Crippen LogP contribution is 2.23. The minimum absolute atomic E-state index is 0.0105. The van der Waals surface area contributed by atoms with Crippen LogP contribution in [0.1, 0.15) is 10.4 Å². The van der Waals surface area contributed by atoms with Crippen LogP contribution in [-0.2, 0) is 0 Å². The van der Waals surface area contributed by atoms with Gasteiger partial charge in [0.2, 0.25) is 0 Å². The average molecular weight is 386 g/mol. The van der Waals surface area contributed by atoms with Crippen LogP contribution in [0, 0.1) is 10.1 Å². The van der Waals surface area contributed by atoms with E-state index in [1.54, 1.807) is 42.5 Å². The molecule has 1 amide bonds. The fraction of sp³-hybridized carbons (Fsp3) is 0.111. The molecule has 8 nitrogen and oxygen atoms in total. The number of para-hydroxylation sites is 2. The zero-order chi connectivity index (χ0) is 19.2. The molecule has 0 aliphatic heterocycles. The largest absolute Gasteiger partial charge is 0.378 e. The van der Waals surface area contributed by atoms with E-state index in [1.807, 2.05) is 0 Å². The van der Waals surface area contributed by atoms with E-state index >= 15 is 0 Å². The summed E-state index contributed by atoms with van der Waals surface area (Å²) in [5.74, 6) is -0.293. The van der Waals surface area contributed by atoms with Crippen molar-refractivity contribution in [3.8, 4) is 11.3 Å². The van der Waals surface area contributed by atoms with Crippen LogP contribution in [-0.4, -0.2) is 34.1 Å². The quantitative estimate of drug-likeness (QED) is 0.327. The Morgan fingerprint density at radius 3 is 2.63 bits per heavy atom. The van der Waals surface area contributed by atoms with Gasteiger partial charge in [0.05, 0.1) is 22.4 Å². The number of aromatic amines is 1. The number of H-pyrrole nitrogens is 1. The summed E-state index contributed by atoms with van der Waals surface area (Å²) in [6.45, 7) is 0.626. The lowest BCUT2D eigenvalue weighted by molar-refractivity contribution is -0.384. The zero-order valence-corrected chi connectivity index (χ0v) is 14.9. The lowest BCUT2D eigenvalue weighted by atomic mass is 10.1. The molecule has 3 N–H and O–H groups in total. The van der Waals surface area contributed by atoms with Crippen molar-refractivity contribution in [2.45, 2.75) is 0 Å². The van der Waals surface area contributed by atoms with Crippen LogP contribution in [0.15, 0.2) is 54.7 Å². The molecule has 3 rings (SSSR count). The second-order valence-corrected chi connectivity index (χ2v) is 6.06. The molecule has 0 saturated carbocycles. The highest BCUT2D eigenvalue weighted by Gasteiger charge is 2.15. The zero-order valence-electron chi connectivity index (χ0n) is 14.1. The minimum atomic E-state index is -0.454. The molecule has 3 aromatic rings. The van der Waals surface area contributed by atoms with Gasteiger partial charge in [-0.3, -0.25) is 20.0 Å². The van der Waals surface area contributed by atoms with Gasteiger partial charge in [0.15, 0.2) is 0 Å². The maximum atomic E-state index is 12.4. The summed E-state index contributed by atoms with van der Waals surface area (Å²) in [6.07, 6.45) is 1.45. The van der Waals surface area contributed by atoms with Crippen LogP contribution in [0.3, 0.4) is 0 Å². The number of rotatable bonds is 7. The van der Waals surface area contributed by atoms with Crippen LogP contribution in [0.25, 0.3) is 11.3 Å². The van der Waals surface area contributed by atoms with E-state index in [-0.39, 0.29) is 18.1 Å². The van der Waals surface area contributed by atoms with E-state index in [1.165, 1.54) is 12.3 Å². The van der Waals surface area contributed by atoms with Crippen molar-refractivity contribution < 1.29 is 9.72 Å². The molecule has 1 heterocycles. The predicted octanol–water partition coefficient (Wildman–Crippen LogP) is 3.48. The van der Waals surface area contributed by atoms with E-state index in [4.69, 9.17) is 11.6 Å². The maximum absolute atomic E-state index is 12.4. The summed E-state index contributed by atoms with van der Waals surface area (Å²) < 4.78 is 0. The van der Waals surface area contributed by atoms with E-state index < -0.39 is 4.92 Å². The van der Waals surface area contributed by atoms with Crippen molar-refractivity contribution in [2.75, 3.05) is 18.4 Å². The average Bonchev–Trinajstić information content (AvgIpc) is 3.16. The summed E-state index contributed by atoms with van der Waals surface area (Å²) >= 11 is 5.89. The third-order valence-electron chi connectivity index (χ3n) is 3.84. The molecule has 27 heavy (non-hydrogen) atoms. The van der Waals surface area contributed by atoms with Gasteiger partial charge >= 0.3 is 0 Å². The Bertz CT molecular complexity index is 956. The van der Waals surface area contributed by atoms with Gasteiger partial charge in [-0.05, 0) is 18.2 Å². The Labute approximate surface area is 159 Å². The van der Waals surface area contributed by atoms with Crippen molar-refractivity contribution in [1.82, 2.24) is 15.5 Å². The topological polar surface area (TPSA) is 113 Å². The summed E-state index contributed by atoms with van der Waals surface area (Å²) in [5, 5.41) is 24.1. The van der Waals surface area contributed by atoms with Gasteiger partial charge in [0.1, 0.15) is 5.69 Å². The molecular weight excluding hydrogens is 370 g/mol. The van der Waals surface area contributed by atoms with Crippen LogP contribution >= 0.6 is 11.6 Å². The van der Waals surface area contributed by atoms with E-state index in [0.717, 1.165) is 5.56 Å². The first-order valence-corrected chi connectivity index (χ1v) is 8.49. The molecule has 0 saturated heterocycles. The number of halogens is 1. The molecule has 0 atom stereocenters. The smallest absolute Gasteiger partial charge is 0.292 e. The van der Waals surface area contributed by atoms with Crippen LogP contribution in [0.4, 0.5) is 11.4 Å². The number of carbonyl (C=O) groups is 1. The minimum Gasteiger partial charge on any atom is -0.378 e. The summed E-state index contributed by atoms with van der Waals surface area (Å²) in [4.78, 5) is 23.0. The highest BCUT2D eigenvalue weighted by molar-refractivity contribution is 6.30. The second-order valence-electron chi connectivity index (χ2n) is 5.62. The Morgan fingerprint density at radius 1 is 1.15 bits per heavy atom. The molecule has 0 fully saturated rings. The van der Waals surface area contributed by atoms with E-state index in [9.17, 15) is 14.9 Å².